The normalized spacial score (nSPS) is 10.2. The van der Waals surface area contributed by atoms with Gasteiger partial charge in [-0.3, -0.25) is 0 Å². The first-order valence-electron chi connectivity index (χ1n) is 6.38. The van der Waals surface area contributed by atoms with Gasteiger partial charge in [0.25, 0.3) is 0 Å². The molecule has 1 aromatic carbocycles. The number of hydrogen-bond acceptors (Lipinski definition) is 6. The molecule has 0 unspecified atom stereocenters. The standard InChI is InChI=1S/C14H17N3O2S/c1-2-19-14(18)10-3-4-13(12(15)7-10)16-6-5-11-8-20-9-17-11/h3-4,7-9,16H,2,5-6,15H2,1H3. The molecule has 1 heterocycles. The lowest BCUT2D eigenvalue weighted by Crippen LogP contribution is -2.09. The molecule has 0 atom stereocenters. The van der Waals surface area contributed by atoms with E-state index in [1.807, 2.05) is 10.9 Å². The Morgan fingerprint density at radius 2 is 2.35 bits per heavy atom. The van der Waals surface area contributed by atoms with E-state index in [1.54, 1.807) is 36.5 Å². The molecular weight excluding hydrogens is 274 g/mol. The van der Waals surface area contributed by atoms with Crippen molar-refractivity contribution in [1.82, 2.24) is 4.98 Å². The number of nitrogens with two attached hydrogens (primary N) is 1. The summed E-state index contributed by atoms with van der Waals surface area (Å²) in [5.74, 6) is -0.353. The lowest BCUT2D eigenvalue weighted by molar-refractivity contribution is 0.0526. The Hall–Kier alpha value is -2.08. The molecular formula is C14H17N3O2S. The summed E-state index contributed by atoms with van der Waals surface area (Å²) in [6, 6.07) is 5.13. The second-order valence-corrected chi connectivity index (χ2v) is 4.90. The molecule has 0 fully saturated rings. The van der Waals surface area contributed by atoms with E-state index in [0.29, 0.717) is 17.9 Å². The minimum Gasteiger partial charge on any atom is -0.462 e. The number of carbonyl (C=O) groups excluding carboxylic acids is 1. The SMILES string of the molecule is CCOC(=O)c1ccc(NCCc2cscn2)c(N)c1. The smallest absolute Gasteiger partial charge is 0.338 e. The summed E-state index contributed by atoms with van der Waals surface area (Å²) in [5, 5.41) is 5.26. The molecule has 0 spiro atoms. The van der Waals surface area contributed by atoms with Crippen LogP contribution < -0.4 is 11.1 Å². The predicted molar refractivity (Wildman–Crippen MR) is 81.1 cm³/mol. The highest BCUT2D eigenvalue weighted by atomic mass is 32.1. The minimum absolute atomic E-state index is 0.353. The van der Waals surface area contributed by atoms with Gasteiger partial charge in [0.1, 0.15) is 0 Å². The molecule has 6 heteroatoms. The molecule has 1 aromatic heterocycles. The van der Waals surface area contributed by atoms with Crippen molar-refractivity contribution >= 4 is 28.7 Å². The number of ether oxygens (including phenoxy) is 1. The van der Waals surface area contributed by atoms with Crippen LogP contribution in [0, 0.1) is 0 Å². The second kappa shape index (κ2) is 6.91. The summed E-state index contributed by atoms with van der Waals surface area (Å²) >= 11 is 1.58. The van der Waals surface area contributed by atoms with Gasteiger partial charge in [-0.05, 0) is 25.1 Å². The number of nitrogen functional groups attached to an aromatic ring is 1. The van der Waals surface area contributed by atoms with Gasteiger partial charge in [-0.2, -0.15) is 0 Å². The van der Waals surface area contributed by atoms with Gasteiger partial charge in [0.05, 0.1) is 34.7 Å². The Morgan fingerprint density at radius 1 is 1.50 bits per heavy atom. The monoisotopic (exact) mass is 291 g/mol. The number of nitrogens with zero attached hydrogens (tertiary/aromatic N) is 1. The highest BCUT2D eigenvalue weighted by molar-refractivity contribution is 7.07. The number of hydrogen-bond donors (Lipinski definition) is 2. The van der Waals surface area contributed by atoms with Crippen LogP contribution in [0.3, 0.4) is 0 Å². The maximum absolute atomic E-state index is 11.6. The lowest BCUT2D eigenvalue weighted by atomic mass is 10.1. The van der Waals surface area contributed by atoms with Gasteiger partial charge in [0.2, 0.25) is 0 Å². The largest absolute Gasteiger partial charge is 0.462 e. The van der Waals surface area contributed by atoms with E-state index in [-0.39, 0.29) is 5.97 Å². The van der Waals surface area contributed by atoms with Gasteiger partial charge in [0, 0.05) is 18.3 Å². The summed E-state index contributed by atoms with van der Waals surface area (Å²) in [7, 11) is 0. The van der Waals surface area contributed by atoms with E-state index in [2.05, 4.69) is 10.3 Å². The zero-order valence-electron chi connectivity index (χ0n) is 11.3. The van der Waals surface area contributed by atoms with Gasteiger partial charge in [0.15, 0.2) is 0 Å². The van der Waals surface area contributed by atoms with Gasteiger partial charge in [-0.25, -0.2) is 9.78 Å². The number of esters is 1. The Bertz CT molecular complexity index is 570. The van der Waals surface area contributed by atoms with Crippen LogP contribution in [0.1, 0.15) is 23.0 Å². The topological polar surface area (TPSA) is 77.2 Å². The summed E-state index contributed by atoms with van der Waals surface area (Å²) in [5.41, 5.74) is 10.6. The zero-order valence-corrected chi connectivity index (χ0v) is 12.1. The first kappa shape index (κ1) is 14.3. The molecule has 20 heavy (non-hydrogen) atoms. The molecule has 0 saturated carbocycles. The molecule has 3 N–H and O–H groups in total. The number of nitrogens with one attached hydrogen (secondary N) is 1. The first-order valence-corrected chi connectivity index (χ1v) is 7.32. The fourth-order valence-electron chi connectivity index (χ4n) is 1.75. The number of anilines is 2. The predicted octanol–water partition coefficient (Wildman–Crippen LogP) is 2.56. The average Bonchev–Trinajstić information content (AvgIpc) is 2.94. The highest BCUT2D eigenvalue weighted by Gasteiger charge is 2.08. The lowest BCUT2D eigenvalue weighted by Gasteiger charge is -2.10. The van der Waals surface area contributed by atoms with Crippen LogP contribution in [0.15, 0.2) is 29.1 Å². The Morgan fingerprint density at radius 3 is 3.00 bits per heavy atom. The van der Waals surface area contributed by atoms with Crippen molar-refractivity contribution in [2.75, 3.05) is 24.2 Å². The fraction of sp³-hybridized carbons (Fsp3) is 0.286. The van der Waals surface area contributed by atoms with Crippen LogP contribution in [-0.4, -0.2) is 24.1 Å². The van der Waals surface area contributed by atoms with Crippen molar-refractivity contribution in [3.63, 3.8) is 0 Å². The van der Waals surface area contributed by atoms with Crippen molar-refractivity contribution in [2.45, 2.75) is 13.3 Å². The Balaban J connectivity index is 1.93. The zero-order chi connectivity index (χ0) is 14.4. The van der Waals surface area contributed by atoms with Gasteiger partial charge in [-0.15, -0.1) is 11.3 Å². The number of thiazole rings is 1. The maximum atomic E-state index is 11.6. The number of benzene rings is 1. The van der Waals surface area contributed by atoms with Crippen molar-refractivity contribution in [3.8, 4) is 0 Å². The maximum Gasteiger partial charge on any atom is 0.338 e. The number of aromatic nitrogens is 1. The number of rotatable bonds is 6. The third kappa shape index (κ3) is 3.71. The van der Waals surface area contributed by atoms with Crippen molar-refractivity contribution in [1.29, 1.82) is 0 Å². The van der Waals surface area contributed by atoms with E-state index in [1.165, 1.54) is 0 Å². The molecule has 106 valence electrons. The molecule has 0 amide bonds. The Labute approximate surface area is 121 Å². The van der Waals surface area contributed by atoms with Crippen LogP contribution >= 0.6 is 11.3 Å². The summed E-state index contributed by atoms with van der Waals surface area (Å²) < 4.78 is 4.93. The molecule has 0 bridgehead atoms. The Kier molecular flexibility index (Phi) is 4.95. The van der Waals surface area contributed by atoms with Gasteiger partial charge < -0.3 is 15.8 Å². The van der Waals surface area contributed by atoms with Crippen LogP contribution in [0.4, 0.5) is 11.4 Å². The molecule has 2 rings (SSSR count). The third-order valence-electron chi connectivity index (χ3n) is 2.74. The third-order valence-corrected chi connectivity index (χ3v) is 3.38. The average molecular weight is 291 g/mol. The second-order valence-electron chi connectivity index (χ2n) is 4.18. The molecule has 5 nitrogen and oxygen atoms in total. The van der Waals surface area contributed by atoms with E-state index >= 15 is 0 Å². The van der Waals surface area contributed by atoms with Crippen LogP contribution in [-0.2, 0) is 11.2 Å². The summed E-state index contributed by atoms with van der Waals surface area (Å²) in [6.07, 6.45) is 0.836. The summed E-state index contributed by atoms with van der Waals surface area (Å²) in [6.45, 7) is 2.87. The highest BCUT2D eigenvalue weighted by Crippen LogP contribution is 2.20. The van der Waals surface area contributed by atoms with Gasteiger partial charge >= 0.3 is 5.97 Å². The minimum atomic E-state index is -0.353. The molecule has 0 saturated heterocycles. The van der Waals surface area contributed by atoms with Crippen LogP contribution in [0.5, 0.6) is 0 Å². The van der Waals surface area contributed by atoms with Crippen LogP contribution in [0.25, 0.3) is 0 Å². The van der Waals surface area contributed by atoms with E-state index in [0.717, 1.165) is 24.3 Å². The van der Waals surface area contributed by atoms with Crippen molar-refractivity contribution in [3.05, 3.63) is 40.3 Å². The van der Waals surface area contributed by atoms with E-state index in [4.69, 9.17) is 10.5 Å². The van der Waals surface area contributed by atoms with Crippen molar-refractivity contribution < 1.29 is 9.53 Å². The van der Waals surface area contributed by atoms with E-state index in [9.17, 15) is 4.79 Å². The molecule has 0 aliphatic rings. The first-order chi connectivity index (χ1) is 9.70. The fourth-order valence-corrected chi connectivity index (χ4v) is 2.34. The van der Waals surface area contributed by atoms with Crippen molar-refractivity contribution in [2.24, 2.45) is 0 Å². The molecule has 0 aliphatic heterocycles. The number of carbonyl (C=O) groups is 1. The molecule has 2 aromatic rings. The molecule has 0 radical (unpaired) electrons. The summed E-state index contributed by atoms with van der Waals surface area (Å²) in [4.78, 5) is 15.8. The molecule has 0 aliphatic carbocycles. The van der Waals surface area contributed by atoms with Crippen LogP contribution in [0.2, 0.25) is 0 Å². The quantitative estimate of drug-likeness (QED) is 0.632. The van der Waals surface area contributed by atoms with E-state index < -0.39 is 0 Å². The van der Waals surface area contributed by atoms with Gasteiger partial charge in [-0.1, -0.05) is 0 Å².